The number of rotatable bonds is 4. The maximum Gasteiger partial charge on any atom is 0.343 e. The molecule has 1 aromatic carbocycles. The van der Waals surface area contributed by atoms with Crippen molar-refractivity contribution in [3.8, 4) is 0 Å². The van der Waals surface area contributed by atoms with Gasteiger partial charge in [0, 0.05) is 8.95 Å². The summed E-state index contributed by atoms with van der Waals surface area (Å²) >= 11 is 6.49. The van der Waals surface area contributed by atoms with Crippen molar-refractivity contribution in [2.24, 2.45) is 0 Å². The summed E-state index contributed by atoms with van der Waals surface area (Å²) in [5, 5.41) is 9.69. The Hall–Kier alpha value is -0.460. The van der Waals surface area contributed by atoms with Crippen molar-refractivity contribution in [3.63, 3.8) is 0 Å². The molecule has 2 atom stereocenters. The van der Waals surface area contributed by atoms with Gasteiger partial charge in [0.2, 0.25) is 6.17 Å². The van der Waals surface area contributed by atoms with Gasteiger partial charge in [0.05, 0.1) is 6.61 Å². The Bertz CT molecular complexity index is 412. The standard InChI is InChI=1S/C11H11Br2FO3/c1-2-17-11(16)9(14)10(15)6-3-4-7(12)8(13)5-6/h3-5,9-10,15H,2H2,1H3. The van der Waals surface area contributed by atoms with Gasteiger partial charge in [-0.15, -0.1) is 0 Å². The molecular weight excluding hydrogens is 359 g/mol. The zero-order valence-corrected chi connectivity index (χ0v) is 12.2. The van der Waals surface area contributed by atoms with Gasteiger partial charge < -0.3 is 9.84 Å². The third-order valence-electron chi connectivity index (χ3n) is 2.07. The second-order valence-corrected chi connectivity index (χ2v) is 4.98. The lowest BCUT2D eigenvalue weighted by atomic mass is 10.1. The Morgan fingerprint density at radius 3 is 2.65 bits per heavy atom. The Kier molecular flexibility index (Phi) is 5.55. The molecule has 0 aromatic heterocycles. The number of aliphatic hydroxyl groups excluding tert-OH is 1. The number of hydrogen-bond acceptors (Lipinski definition) is 3. The molecule has 0 bridgehead atoms. The molecular formula is C11H11Br2FO3. The average Bonchev–Trinajstić information content (AvgIpc) is 2.31. The fourth-order valence-corrected chi connectivity index (χ4v) is 1.86. The average molecular weight is 370 g/mol. The van der Waals surface area contributed by atoms with E-state index in [1.54, 1.807) is 19.1 Å². The smallest absolute Gasteiger partial charge is 0.343 e. The number of aliphatic hydroxyl groups is 1. The first-order valence-corrected chi connectivity index (χ1v) is 6.49. The molecule has 0 saturated carbocycles. The van der Waals surface area contributed by atoms with E-state index in [1.165, 1.54) is 6.07 Å². The SMILES string of the molecule is CCOC(=O)C(F)C(O)c1ccc(Br)c(Br)c1. The molecule has 0 aliphatic rings. The molecule has 1 N–H and O–H groups in total. The van der Waals surface area contributed by atoms with Crippen molar-refractivity contribution < 1.29 is 19.0 Å². The molecule has 0 heterocycles. The summed E-state index contributed by atoms with van der Waals surface area (Å²) in [5.74, 6) is -1.06. The Morgan fingerprint density at radius 2 is 2.12 bits per heavy atom. The molecule has 0 radical (unpaired) electrons. The predicted octanol–water partition coefficient (Wildman–Crippen LogP) is 3.15. The number of ether oxygens (including phenoxy) is 1. The van der Waals surface area contributed by atoms with E-state index in [-0.39, 0.29) is 6.61 Å². The van der Waals surface area contributed by atoms with Crippen molar-refractivity contribution in [1.82, 2.24) is 0 Å². The van der Waals surface area contributed by atoms with Crippen LogP contribution >= 0.6 is 31.9 Å². The van der Waals surface area contributed by atoms with E-state index in [0.29, 0.717) is 10.0 Å². The first-order chi connectivity index (χ1) is 7.97. The molecule has 0 aliphatic carbocycles. The first kappa shape index (κ1) is 14.6. The van der Waals surface area contributed by atoms with E-state index < -0.39 is 18.2 Å². The lowest BCUT2D eigenvalue weighted by Gasteiger charge is -2.15. The summed E-state index contributed by atoms with van der Waals surface area (Å²) in [4.78, 5) is 11.1. The quantitative estimate of drug-likeness (QED) is 0.829. The van der Waals surface area contributed by atoms with Crippen LogP contribution in [0.15, 0.2) is 27.1 Å². The van der Waals surface area contributed by atoms with Crippen molar-refractivity contribution in [1.29, 1.82) is 0 Å². The summed E-state index contributed by atoms with van der Waals surface area (Å²) in [6.45, 7) is 1.66. The topological polar surface area (TPSA) is 46.5 Å². The molecule has 2 unspecified atom stereocenters. The summed E-state index contributed by atoms with van der Waals surface area (Å²) < 4.78 is 19.5. The minimum atomic E-state index is -2.08. The number of benzene rings is 1. The van der Waals surface area contributed by atoms with Crippen LogP contribution in [-0.2, 0) is 9.53 Å². The van der Waals surface area contributed by atoms with E-state index >= 15 is 0 Å². The van der Waals surface area contributed by atoms with Gasteiger partial charge in [-0.1, -0.05) is 6.07 Å². The summed E-state index contributed by atoms with van der Waals surface area (Å²) in [6, 6.07) is 4.73. The van der Waals surface area contributed by atoms with E-state index in [1.807, 2.05) is 0 Å². The van der Waals surface area contributed by atoms with Crippen LogP contribution in [0.1, 0.15) is 18.6 Å². The highest BCUT2D eigenvalue weighted by atomic mass is 79.9. The maximum absolute atomic E-state index is 13.5. The van der Waals surface area contributed by atoms with Crippen molar-refractivity contribution >= 4 is 37.8 Å². The van der Waals surface area contributed by atoms with E-state index in [9.17, 15) is 14.3 Å². The monoisotopic (exact) mass is 368 g/mol. The number of carbonyl (C=O) groups is 1. The highest BCUT2D eigenvalue weighted by Crippen LogP contribution is 2.28. The number of hydrogen-bond donors (Lipinski definition) is 1. The van der Waals surface area contributed by atoms with Gasteiger partial charge in [0.1, 0.15) is 6.10 Å². The van der Waals surface area contributed by atoms with Crippen molar-refractivity contribution in [3.05, 3.63) is 32.7 Å². The molecule has 0 saturated heterocycles. The van der Waals surface area contributed by atoms with Crippen molar-refractivity contribution in [2.45, 2.75) is 19.2 Å². The van der Waals surface area contributed by atoms with Crippen LogP contribution in [0, 0.1) is 0 Å². The lowest BCUT2D eigenvalue weighted by molar-refractivity contribution is -0.153. The Labute approximate surface area is 115 Å². The van der Waals surface area contributed by atoms with Crippen LogP contribution in [0.2, 0.25) is 0 Å². The van der Waals surface area contributed by atoms with E-state index in [2.05, 4.69) is 36.6 Å². The Balaban J connectivity index is 2.84. The molecule has 1 rings (SSSR count). The van der Waals surface area contributed by atoms with Gasteiger partial charge >= 0.3 is 5.97 Å². The van der Waals surface area contributed by atoms with Crippen LogP contribution in [0.5, 0.6) is 0 Å². The van der Waals surface area contributed by atoms with Crippen molar-refractivity contribution in [2.75, 3.05) is 6.61 Å². The molecule has 0 aliphatic heterocycles. The molecule has 0 fully saturated rings. The van der Waals surface area contributed by atoms with Crippen LogP contribution < -0.4 is 0 Å². The Morgan fingerprint density at radius 1 is 1.47 bits per heavy atom. The van der Waals surface area contributed by atoms with E-state index in [0.717, 1.165) is 4.47 Å². The predicted molar refractivity (Wildman–Crippen MR) is 68.3 cm³/mol. The fourth-order valence-electron chi connectivity index (χ4n) is 1.22. The van der Waals surface area contributed by atoms with Gasteiger partial charge in [-0.05, 0) is 56.5 Å². The third-order valence-corrected chi connectivity index (χ3v) is 3.95. The number of carbonyl (C=O) groups excluding carboxylic acids is 1. The minimum absolute atomic E-state index is 0.0794. The van der Waals surface area contributed by atoms with Crippen LogP contribution in [0.4, 0.5) is 4.39 Å². The maximum atomic E-state index is 13.5. The van der Waals surface area contributed by atoms with Gasteiger partial charge in [0.25, 0.3) is 0 Å². The summed E-state index contributed by atoms with van der Waals surface area (Å²) in [6.07, 6.45) is -3.61. The second-order valence-electron chi connectivity index (χ2n) is 3.27. The summed E-state index contributed by atoms with van der Waals surface area (Å²) in [5.41, 5.74) is 0.306. The third kappa shape index (κ3) is 3.76. The number of esters is 1. The molecule has 3 nitrogen and oxygen atoms in total. The lowest BCUT2D eigenvalue weighted by Crippen LogP contribution is -2.26. The van der Waals surface area contributed by atoms with Gasteiger partial charge in [-0.3, -0.25) is 0 Å². The number of halogens is 3. The molecule has 0 amide bonds. The molecule has 94 valence electrons. The molecule has 17 heavy (non-hydrogen) atoms. The largest absolute Gasteiger partial charge is 0.464 e. The van der Waals surface area contributed by atoms with Crippen LogP contribution in [0.3, 0.4) is 0 Å². The summed E-state index contributed by atoms with van der Waals surface area (Å²) in [7, 11) is 0. The van der Waals surface area contributed by atoms with Crippen LogP contribution in [-0.4, -0.2) is 23.9 Å². The molecule has 1 aromatic rings. The fraction of sp³-hybridized carbons (Fsp3) is 0.364. The normalized spacial score (nSPS) is 14.2. The molecule has 0 spiro atoms. The van der Waals surface area contributed by atoms with Gasteiger partial charge in [-0.2, -0.15) is 0 Å². The van der Waals surface area contributed by atoms with Gasteiger partial charge in [-0.25, -0.2) is 9.18 Å². The zero-order valence-electron chi connectivity index (χ0n) is 8.99. The molecule has 6 heteroatoms. The zero-order chi connectivity index (χ0) is 13.0. The highest BCUT2D eigenvalue weighted by molar-refractivity contribution is 9.13. The van der Waals surface area contributed by atoms with Gasteiger partial charge in [0.15, 0.2) is 0 Å². The van der Waals surface area contributed by atoms with Crippen LogP contribution in [0.25, 0.3) is 0 Å². The van der Waals surface area contributed by atoms with E-state index in [4.69, 9.17) is 0 Å². The minimum Gasteiger partial charge on any atom is -0.464 e. The number of alkyl halides is 1. The first-order valence-electron chi connectivity index (χ1n) is 4.91. The highest BCUT2D eigenvalue weighted by Gasteiger charge is 2.29. The second kappa shape index (κ2) is 6.47.